The fourth-order valence-corrected chi connectivity index (χ4v) is 1.73. The number of hydrogen-bond donors (Lipinski definition) is 1. The summed E-state index contributed by atoms with van der Waals surface area (Å²) >= 11 is 0. The van der Waals surface area contributed by atoms with Crippen molar-refractivity contribution < 1.29 is 10.0 Å². The van der Waals surface area contributed by atoms with Gasteiger partial charge in [0.1, 0.15) is 11.4 Å². The van der Waals surface area contributed by atoms with Gasteiger partial charge in [-0.05, 0) is 23.8 Å². The summed E-state index contributed by atoms with van der Waals surface area (Å²) in [6, 6.07) is 11.4. The van der Waals surface area contributed by atoms with Crippen LogP contribution < -0.4 is 4.90 Å². The molecule has 2 rings (SSSR count). The standard InChI is InChI=1S/C15H15N3O3/c1-17(2)12-5-3-11(4-6-12)10-16-14-9-13(18(20)21)7-8-15(14)19/h3-10,19H,1-2H3. The van der Waals surface area contributed by atoms with Crippen LogP contribution in [0.25, 0.3) is 0 Å². The van der Waals surface area contributed by atoms with Gasteiger partial charge in [0.25, 0.3) is 5.69 Å². The minimum Gasteiger partial charge on any atom is -0.506 e. The van der Waals surface area contributed by atoms with Crippen LogP contribution in [0, 0.1) is 10.1 Å². The van der Waals surface area contributed by atoms with Gasteiger partial charge >= 0.3 is 0 Å². The highest BCUT2D eigenvalue weighted by Gasteiger charge is 2.09. The van der Waals surface area contributed by atoms with E-state index in [4.69, 9.17) is 0 Å². The Morgan fingerprint density at radius 3 is 2.43 bits per heavy atom. The molecule has 21 heavy (non-hydrogen) atoms. The highest BCUT2D eigenvalue weighted by Crippen LogP contribution is 2.30. The molecule has 0 unspecified atom stereocenters. The van der Waals surface area contributed by atoms with E-state index in [0.29, 0.717) is 0 Å². The first kappa shape index (κ1) is 14.5. The van der Waals surface area contributed by atoms with Gasteiger partial charge in [0.15, 0.2) is 0 Å². The van der Waals surface area contributed by atoms with Gasteiger partial charge in [-0.2, -0.15) is 0 Å². The monoisotopic (exact) mass is 285 g/mol. The molecule has 1 N–H and O–H groups in total. The number of nitro groups is 1. The number of phenolic OH excluding ortho intramolecular Hbond substituents is 1. The van der Waals surface area contributed by atoms with Gasteiger partial charge in [0.05, 0.1) is 4.92 Å². The molecule has 0 saturated carbocycles. The minimum atomic E-state index is -0.523. The van der Waals surface area contributed by atoms with Crippen molar-refractivity contribution in [2.24, 2.45) is 4.99 Å². The number of anilines is 1. The van der Waals surface area contributed by atoms with Crippen LogP contribution in [0.2, 0.25) is 0 Å². The molecule has 0 atom stereocenters. The predicted molar refractivity (Wildman–Crippen MR) is 82.8 cm³/mol. The number of rotatable bonds is 4. The summed E-state index contributed by atoms with van der Waals surface area (Å²) in [5, 5.41) is 20.4. The Morgan fingerprint density at radius 1 is 1.19 bits per heavy atom. The molecule has 0 radical (unpaired) electrons. The molecule has 2 aromatic carbocycles. The molecule has 2 aromatic rings. The molecule has 0 aliphatic carbocycles. The van der Waals surface area contributed by atoms with Crippen LogP contribution in [-0.2, 0) is 0 Å². The van der Waals surface area contributed by atoms with Crippen molar-refractivity contribution in [1.82, 2.24) is 0 Å². The van der Waals surface area contributed by atoms with E-state index in [2.05, 4.69) is 4.99 Å². The maximum Gasteiger partial charge on any atom is 0.271 e. The Hall–Kier alpha value is -2.89. The van der Waals surface area contributed by atoms with Crippen LogP contribution in [-0.4, -0.2) is 30.3 Å². The molecule has 0 spiro atoms. The molecule has 0 aromatic heterocycles. The zero-order valence-electron chi connectivity index (χ0n) is 11.7. The number of nitro benzene ring substituents is 1. The van der Waals surface area contributed by atoms with Gasteiger partial charge in [-0.1, -0.05) is 12.1 Å². The minimum absolute atomic E-state index is 0.0956. The molecule has 0 saturated heterocycles. The van der Waals surface area contributed by atoms with Gasteiger partial charge < -0.3 is 10.0 Å². The van der Waals surface area contributed by atoms with Crippen molar-refractivity contribution in [2.45, 2.75) is 0 Å². The van der Waals surface area contributed by atoms with Crippen LogP contribution >= 0.6 is 0 Å². The van der Waals surface area contributed by atoms with Crippen molar-refractivity contribution in [3.8, 4) is 5.75 Å². The fourth-order valence-electron chi connectivity index (χ4n) is 1.73. The second-order valence-electron chi connectivity index (χ2n) is 4.67. The van der Waals surface area contributed by atoms with Gasteiger partial charge in [0, 0.05) is 38.1 Å². The van der Waals surface area contributed by atoms with Gasteiger partial charge in [-0.3, -0.25) is 15.1 Å². The van der Waals surface area contributed by atoms with Crippen molar-refractivity contribution in [1.29, 1.82) is 0 Å². The van der Waals surface area contributed by atoms with Crippen LogP contribution in [0.15, 0.2) is 47.5 Å². The van der Waals surface area contributed by atoms with E-state index in [1.807, 2.05) is 43.3 Å². The first-order chi connectivity index (χ1) is 9.97. The summed E-state index contributed by atoms with van der Waals surface area (Å²) in [4.78, 5) is 16.3. The van der Waals surface area contributed by atoms with E-state index in [9.17, 15) is 15.2 Å². The Balaban J connectivity index is 2.24. The molecule has 6 nitrogen and oxygen atoms in total. The number of aliphatic imine (C=N–C) groups is 1. The zero-order valence-corrected chi connectivity index (χ0v) is 11.7. The lowest BCUT2D eigenvalue weighted by molar-refractivity contribution is -0.384. The van der Waals surface area contributed by atoms with Gasteiger partial charge in [0.2, 0.25) is 0 Å². The SMILES string of the molecule is CN(C)c1ccc(C=Nc2cc([N+](=O)[O-])ccc2O)cc1. The topological polar surface area (TPSA) is 79.0 Å². The summed E-state index contributed by atoms with van der Waals surface area (Å²) in [5.41, 5.74) is 1.96. The van der Waals surface area contributed by atoms with Crippen LogP contribution in [0.4, 0.5) is 17.1 Å². The molecule has 0 amide bonds. The zero-order chi connectivity index (χ0) is 15.4. The molecule has 0 fully saturated rings. The number of phenols is 1. The molecule has 108 valence electrons. The largest absolute Gasteiger partial charge is 0.506 e. The number of aromatic hydroxyl groups is 1. The summed E-state index contributed by atoms with van der Waals surface area (Å²) in [6.45, 7) is 0. The second kappa shape index (κ2) is 6.04. The van der Waals surface area contributed by atoms with Crippen LogP contribution in [0.5, 0.6) is 5.75 Å². The van der Waals surface area contributed by atoms with Crippen molar-refractivity contribution in [3.63, 3.8) is 0 Å². The molecular weight excluding hydrogens is 270 g/mol. The third kappa shape index (κ3) is 3.56. The van der Waals surface area contributed by atoms with E-state index in [-0.39, 0.29) is 17.1 Å². The Labute approximate surface area is 122 Å². The lowest BCUT2D eigenvalue weighted by atomic mass is 10.2. The lowest BCUT2D eigenvalue weighted by Gasteiger charge is -2.11. The highest BCUT2D eigenvalue weighted by molar-refractivity contribution is 5.83. The third-order valence-electron chi connectivity index (χ3n) is 2.93. The van der Waals surface area contributed by atoms with Crippen LogP contribution in [0.1, 0.15) is 5.56 Å². The van der Waals surface area contributed by atoms with E-state index in [1.165, 1.54) is 18.2 Å². The Kier molecular flexibility index (Phi) is 4.18. The number of nitrogens with zero attached hydrogens (tertiary/aromatic N) is 3. The number of non-ortho nitro benzene ring substituents is 1. The summed E-state index contributed by atoms with van der Waals surface area (Å²) in [6.07, 6.45) is 1.55. The van der Waals surface area contributed by atoms with E-state index in [1.54, 1.807) is 6.21 Å². The van der Waals surface area contributed by atoms with Crippen molar-refractivity contribution in [2.75, 3.05) is 19.0 Å². The molecule has 0 aliphatic heterocycles. The first-order valence-electron chi connectivity index (χ1n) is 6.26. The van der Waals surface area contributed by atoms with E-state index < -0.39 is 4.92 Å². The summed E-state index contributed by atoms with van der Waals surface area (Å²) in [7, 11) is 3.90. The van der Waals surface area contributed by atoms with E-state index in [0.717, 1.165) is 11.3 Å². The molecule has 0 aliphatic rings. The quantitative estimate of drug-likeness (QED) is 0.532. The normalized spacial score (nSPS) is 10.8. The summed E-state index contributed by atoms with van der Waals surface area (Å²) < 4.78 is 0. The number of benzene rings is 2. The van der Waals surface area contributed by atoms with Crippen LogP contribution in [0.3, 0.4) is 0 Å². The number of hydrogen-bond acceptors (Lipinski definition) is 5. The Morgan fingerprint density at radius 2 is 1.86 bits per heavy atom. The molecular formula is C15H15N3O3. The van der Waals surface area contributed by atoms with Gasteiger partial charge in [-0.25, -0.2) is 0 Å². The highest BCUT2D eigenvalue weighted by atomic mass is 16.6. The Bertz CT molecular complexity index is 679. The van der Waals surface area contributed by atoms with Crippen molar-refractivity contribution >= 4 is 23.3 Å². The molecule has 0 bridgehead atoms. The maximum atomic E-state index is 10.7. The smallest absolute Gasteiger partial charge is 0.271 e. The average molecular weight is 285 g/mol. The van der Waals surface area contributed by atoms with E-state index >= 15 is 0 Å². The summed E-state index contributed by atoms with van der Waals surface area (Å²) in [5.74, 6) is -0.0956. The second-order valence-corrected chi connectivity index (χ2v) is 4.67. The predicted octanol–water partition coefficient (Wildman–Crippen LogP) is 3.12. The first-order valence-corrected chi connectivity index (χ1v) is 6.26. The lowest BCUT2D eigenvalue weighted by Crippen LogP contribution is -2.08. The van der Waals surface area contributed by atoms with Crippen molar-refractivity contribution in [3.05, 3.63) is 58.1 Å². The average Bonchev–Trinajstić information content (AvgIpc) is 2.46. The fraction of sp³-hybridized carbons (Fsp3) is 0.133. The molecule has 0 heterocycles. The third-order valence-corrected chi connectivity index (χ3v) is 2.93. The maximum absolute atomic E-state index is 10.7. The molecule has 6 heteroatoms. The van der Waals surface area contributed by atoms with Gasteiger partial charge in [-0.15, -0.1) is 0 Å².